The van der Waals surface area contributed by atoms with E-state index in [1.165, 1.54) is 0 Å². The predicted molar refractivity (Wildman–Crippen MR) is 69.8 cm³/mol. The van der Waals surface area contributed by atoms with Crippen LogP contribution in [0.2, 0.25) is 10.0 Å². The zero-order valence-corrected chi connectivity index (χ0v) is 10.1. The van der Waals surface area contributed by atoms with Crippen LogP contribution in [-0.4, -0.2) is 0 Å². The van der Waals surface area contributed by atoms with Gasteiger partial charge in [0.25, 0.3) is 0 Å². The van der Waals surface area contributed by atoms with Crippen LogP contribution in [0.5, 0.6) is 0 Å². The van der Waals surface area contributed by atoms with Crippen LogP contribution in [-0.2, 0) is 6.54 Å². The zero-order chi connectivity index (χ0) is 11.5. The summed E-state index contributed by atoms with van der Waals surface area (Å²) in [5, 5.41) is 1.43. The lowest BCUT2D eigenvalue weighted by Crippen LogP contribution is -1.98. The SMILES string of the molecule is NCc1ccc(Cl)cc1-c1ccc(Cl)cc1. The standard InChI is InChI=1S/C13H11Cl2N/c14-11-4-1-9(2-5-11)13-7-12(15)6-3-10(13)8-16/h1-7H,8,16H2. The van der Waals surface area contributed by atoms with Crippen LogP contribution in [0, 0.1) is 0 Å². The molecule has 82 valence electrons. The maximum absolute atomic E-state index is 5.99. The van der Waals surface area contributed by atoms with E-state index in [-0.39, 0.29) is 0 Å². The van der Waals surface area contributed by atoms with Crippen LogP contribution in [0.15, 0.2) is 42.5 Å². The smallest absolute Gasteiger partial charge is 0.0412 e. The Balaban J connectivity index is 2.53. The second kappa shape index (κ2) is 4.88. The average molecular weight is 252 g/mol. The third-order valence-corrected chi connectivity index (χ3v) is 2.93. The Labute approximate surface area is 105 Å². The summed E-state index contributed by atoms with van der Waals surface area (Å²) in [5.41, 5.74) is 8.91. The highest BCUT2D eigenvalue weighted by Crippen LogP contribution is 2.27. The fourth-order valence-corrected chi connectivity index (χ4v) is 1.92. The topological polar surface area (TPSA) is 26.0 Å². The molecule has 3 heteroatoms. The second-order valence-corrected chi connectivity index (χ2v) is 4.39. The summed E-state index contributed by atoms with van der Waals surface area (Å²) < 4.78 is 0. The van der Waals surface area contributed by atoms with Gasteiger partial charge in [-0.15, -0.1) is 0 Å². The quantitative estimate of drug-likeness (QED) is 0.854. The third kappa shape index (κ3) is 2.38. The lowest BCUT2D eigenvalue weighted by molar-refractivity contribution is 1.07. The number of hydrogen-bond donors (Lipinski definition) is 1. The molecule has 0 fully saturated rings. The average Bonchev–Trinajstić information content (AvgIpc) is 2.30. The number of nitrogens with two attached hydrogens (primary N) is 1. The Morgan fingerprint density at radius 2 is 1.50 bits per heavy atom. The van der Waals surface area contributed by atoms with Crippen molar-refractivity contribution in [2.45, 2.75) is 6.54 Å². The first-order valence-electron chi connectivity index (χ1n) is 4.95. The van der Waals surface area contributed by atoms with Gasteiger partial charge in [0, 0.05) is 16.6 Å². The molecule has 0 radical (unpaired) electrons. The van der Waals surface area contributed by atoms with Crippen molar-refractivity contribution in [3.05, 3.63) is 58.1 Å². The second-order valence-electron chi connectivity index (χ2n) is 3.51. The van der Waals surface area contributed by atoms with Gasteiger partial charge in [-0.25, -0.2) is 0 Å². The highest BCUT2D eigenvalue weighted by Gasteiger charge is 2.04. The van der Waals surface area contributed by atoms with Crippen molar-refractivity contribution in [2.24, 2.45) is 5.73 Å². The van der Waals surface area contributed by atoms with E-state index in [0.717, 1.165) is 21.7 Å². The minimum absolute atomic E-state index is 0.495. The minimum Gasteiger partial charge on any atom is -0.326 e. The van der Waals surface area contributed by atoms with E-state index < -0.39 is 0 Å². The number of rotatable bonds is 2. The Hall–Kier alpha value is -1.02. The molecule has 2 aromatic carbocycles. The first-order valence-corrected chi connectivity index (χ1v) is 5.71. The summed E-state index contributed by atoms with van der Waals surface area (Å²) in [4.78, 5) is 0. The minimum atomic E-state index is 0.495. The molecule has 2 rings (SSSR count). The van der Waals surface area contributed by atoms with Gasteiger partial charge in [0.2, 0.25) is 0 Å². The fraction of sp³-hybridized carbons (Fsp3) is 0.0769. The lowest BCUT2D eigenvalue weighted by Gasteiger charge is -2.08. The van der Waals surface area contributed by atoms with E-state index >= 15 is 0 Å². The normalized spacial score (nSPS) is 10.4. The van der Waals surface area contributed by atoms with Crippen LogP contribution in [0.25, 0.3) is 11.1 Å². The van der Waals surface area contributed by atoms with E-state index in [2.05, 4.69) is 0 Å². The van der Waals surface area contributed by atoms with Crippen molar-refractivity contribution in [2.75, 3.05) is 0 Å². The molecule has 1 nitrogen and oxygen atoms in total. The fourth-order valence-electron chi connectivity index (χ4n) is 1.62. The summed E-state index contributed by atoms with van der Waals surface area (Å²) >= 11 is 11.8. The Kier molecular flexibility index (Phi) is 3.49. The number of halogens is 2. The summed E-state index contributed by atoms with van der Waals surface area (Å²) in [6.45, 7) is 0.495. The van der Waals surface area contributed by atoms with E-state index in [1.54, 1.807) is 0 Å². The van der Waals surface area contributed by atoms with Crippen LogP contribution < -0.4 is 5.73 Å². The molecule has 0 aromatic heterocycles. The number of benzene rings is 2. The van der Waals surface area contributed by atoms with Gasteiger partial charge in [0.1, 0.15) is 0 Å². The van der Waals surface area contributed by atoms with Crippen molar-refractivity contribution in [1.29, 1.82) is 0 Å². The summed E-state index contributed by atoms with van der Waals surface area (Å²) in [6.07, 6.45) is 0. The van der Waals surface area contributed by atoms with E-state index in [9.17, 15) is 0 Å². The summed E-state index contributed by atoms with van der Waals surface area (Å²) in [6, 6.07) is 13.4. The maximum atomic E-state index is 5.99. The van der Waals surface area contributed by atoms with Gasteiger partial charge >= 0.3 is 0 Å². The molecule has 16 heavy (non-hydrogen) atoms. The largest absolute Gasteiger partial charge is 0.326 e. The summed E-state index contributed by atoms with van der Waals surface area (Å²) in [7, 11) is 0. The van der Waals surface area contributed by atoms with Gasteiger partial charge in [-0.2, -0.15) is 0 Å². The molecule has 2 N–H and O–H groups in total. The van der Waals surface area contributed by atoms with Crippen LogP contribution in [0.4, 0.5) is 0 Å². The highest BCUT2D eigenvalue weighted by atomic mass is 35.5. The van der Waals surface area contributed by atoms with Gasteiger partial charge in [-0.1, -0.05) is 41.4 Å². The molecule has 0 aliphatic rings. The van der Waals surface area contributed by atoms with Gasteiger partial charge in [0.15, 0.2) is 0 Å². The van der Waals surface area contributed by atoms with Crippen LogP contribution >= 0.6 is 23.2 Å². The molecular weight excluding hydrogens is 241 g/mol. The van der Waals surface area contributed by atoms with Crippen molar-refractivity contribution in [1.82, 2.24) is 0 Å². The molecule has 0 aliphatic heterocycles. The van der Waals surface area contributed by atoms with Gasteiger partial charge in [0.05, 0.1) is 0 Å². The van der Waals surface area contributed by atoms with Crippen molar-refractivity contribution < 1.29 is 0 Å². The zero-order valence-electron chi connectivity index (χ0n) is 8.58. The monoisotopic (exact) mass is 251 g/mol. The van der Waals surface area contributed by atoms with E-state index in [1.807, 2.05) is 42.5 Å². The van der Waals surface area contributed by atoms with Crippen molar-refractivity contribution in [3.8, 4) is 11.1 Å². The van der Waals surface area contributed by atoms with Gasteiger partial charge < -0.3 is 5.73 Å². The van der Waals surface area contributed by atoms with Crippen LogP contribution in [0.3, 0.4) is 0 Å². The van der Waals surface area contributed by atoms with Crippen molar-refractivity contribution >= 4 is 23.2 Å². The molecule has 0 saturated heterocycles. The Morgan fingerprint density at radius 3 is 2.12 bits per heavy atom. The van der Waals surface area contributed by atoms with E-state index in [0.29, 0.717) is 11.6 Å². The molecule has 2 aromatic rings. The lowest BCUT2D eigenvalue weighted by atomic mass is 10.00. The van der Waals surface area contributed by atoms with Gasteiger partial charge in [-0.05, 0) is 41.0 Å². The molecule has 0 heterocycles. The third-order valence-electron chi connectivity index (χ3n) is 2.45. The highest BCUT2D eigenvalue weighted by molar-refractivity contribution is 6.31. The first kappa shape index (κ1) is 11.5. The Bertz CT molecular complexity index is 492. The van der Waals surface area contributed by atoms with E-state index in [4.69, 9.17) is 28.9 Å². The molecule has 0 unspecified atom stereocenters. The molecule has 0 bridgehead atoms. The van der Waals surface area contributed by atoms with Gasteiger partial charge in [-0.3, -0.25) is 0 Å². The Morgan fingerprint density at radius 1 is 0.875 bits per heavy atom. The molecule has 0 atom stereocenters. The molecule has 0 aliphatic carbocycles. The molecule has 0 spiro atoms. The maximum Gasteiger partial charge on any atom is 0.0412 e. The van der Waals surface area contributed by atoms with Crippen LogP contribution in [0.1, 0.15) is 5.56 Å². The first-order chi connectivity index (χ1) is 7.70. The molecular formula is C13H11Cl2N. The number of hydrogen-bond acceptors (Lipinski definition) is 1. The van der Waals surface area contributed by atoms with Crippen molar-refractivity contribution in [3.63, 3.8) is 0 Å². The predicted octanol–water partition coefficient (Wildman–Crippen LogP) is 4.12. The molecule has 0 amide bonds. The molecule has 0 saturated carbocycles. The summed E-state index contributed by atoms with van der Waals surface area (Å²) in [5.74, 6) is 0.